The summed E-state index contributed by atoms with van der Waals surface area (Å²) in [6.45, 7) is 0. The molecule has 1 heterocycles. The number of hydrogen-bond acceptors (Lipinski definition) is 5. The van der Waals surface area contributed by atoms with Crippen LogP contribution in [0.5, 0.6) is 5.75 Å². The number of amides is 1. The molecule has 27 heavy (non-hydrogen) atoms. The van der Waals surface area contributed by atoms with Gasteiger partial charge in [0.1, 0.15) is 5.56 Å². The number of benzene rings is 1. The summed E-state index contributed by atoms with van der Waals surface area (Å²) in [4.78, 5) is 14.9. The van der Waals surface area contributed by atoms with Crippen LogP contribution in [-0.4, -0.2) is 38.3 Å². The number of rotatable bonds is 5. The van der Waals surface area contributed by atoms with Gasteiger partial charge in [-0.05, 0) is 49.3 Å². The molecule has 1 aromatic heterocycles. The molecule has 2 aromatic rings. The maximum absolute atomic E-state index is 13.8. The molecule has 0 unspecified atom stereocenters. The minimum Gasteiger partial charge on any atom is -0.494 e. The molecule has 2 fully saturated rings. The lowest BCUT2D eigenvalue weighted by atomic mass is 9.95. The summed E-state index contributed by atoms with van der Waals surface area (Å²) in [5, 5.41) is 7.26. The van der Waals surface area contributed by atoms with Crippen LogP contribution in [0.25, 0.3) is 11.3 Å². The second-order valence-corrected chi connectivity index (χ2v) is 7.71. The lowest BCUT2D eigenvalue weighted by molar-refractivity contribution is 0.0923. The number of anilines is 1. The summed E-state index contributed by atoms with van der Waals surface area (Å²) in [5.41, 5.74) is 0.920. The molecule has 7 heteroatoms. The number of ether oxygens (including phenoxy) is 1. The van der Waals surface area contributed by atoms with Crippen molar-refractivity contribution < 1.29 is 18.4 Å². The summed E-state index contributed by atoms with van der Waals surface area (Å²) in [5.74, 6) is 1.49. The van der Waals surface area contributed by atoms with Crippen molar-refractivity contribution in [1.29, 1.82) is 0 Å². The van der Waals surface area contributed by atoms with Gasteiger partial charge in [0.15, 0.2) is 23.1 Å². The summed E-state index contributed by atoms with van der Waals surface area (Å²) in [6, 6.07) is 4.58. The van der Waals surface area contributed by atoms with E-state index >= 15 is 0 Å². The molecule has 2 bridgehead atoms. The number of carbonyl (C=O) groups is 1. The lowest BCUT2D eigenvalue weighted by Gasteiger charge is -2.23. The number of aromatic nitrogens is 1. The molecule has 0 saturated heterocycles. The number of halogens is 1. The number of nitrogens with zero attached hydrogens (tertiary/aromatic N) is 2. The first kappa shape index (κ1) is 17.8. The van der Waals surface area contributed by atoms with E-state index in [0.29, 0.717) is 28.6 Å². The Morgan fingerprint density at radius 3 is 2.78 bits per heavy atom. The Hall–Kier alpha value is -2.57. The molecule has 1 aromatic carbocycles. The van der Waals surface area contributed by atoms with Crippen molar-refractivity contribution in [2.24, 2.45) is 11.8 Å². The van der Waals surface area contributed by atoms with E-state index in [9.17, 15) is 9.18 Å². The smallest absolute Gasteiger partial charge is 0.259 e. The quantitative estimate of drug-likeness (QED) is 0.869. The summed E-state index contributed by atoms with van der Waals surface area (Å²) in [7, 11) is 5.01. The van der Waals surface area contributed by atoms with Gasteiger partial charge in [-0.3, -0.25) is 4.79 Å². The van der Waals surface area contributed by atoms with Crippen molar-refractivity contribution in [2.45, 2.75) is 31.7 Å². The number of nitrogens with one attached hydrogen (secondary N) is 1. The van der Waals surface area contributed by atoms with Gasteiger partial charge in [-0.25, -0.2) is 4.39 Å². The second-order valence-electron chi connectivity index (χ2n) is 7.71. The van der Waals surface area contributed by atoms with Gasteiger partial charge in [-0.1, -0.05) is 11.6 Å². The molecule has 0 spiro atoms. The molecule has 0 radical (unpaired) electrons. The topological polar surface area (TPSA) is 67.6 Å². The summed E-state index contributed by atoms with van der Waals surface area (Å²) in [6.07, 6.45) is 4.70. The molecule has 144 valence electrons. The minimum absolute atomic E-state index is 0.0924. The maximum Gasteiger partial charge on any atom is 0.259 e. The highest BCUT2D eigenvalue weighted by atomic mass is 19.1. The Morgan fingerprint density at radius 1 is 1.33 bits per heavy atom. The highest BCUT2D eigenvalue weighted by Crippen LogP contribution is 2.44. The Kier molecular flexibility index (Phi) is 4.53. The van der Waals surface area contributed by atoms with Gasteiger partial charge in [0.2, 0.25) is 0 Å². The molecule has 2 aliphatic carbocycles. The molecule has 4 rings (SSSR count). The third-order valence-corrected chi connectivity index (χ3v) is 5.79. The standard InChI is InChI=1S/C20H24FN3O3/c1-24(2)19-17(20(25)22-15-9-11-4-5-12(15)8-11)18(27-23-19)13-6-7-14(21)16(10-13)26-3/h6-7,10-12,15H,4-5,8-9H2,1-3H3,(H,22,25)/t11-,12+,15-/m1/s1. The van der Waals surface area contributed by atoms with Gasteiger partial charge in [0.05, 0.1) is 7.11 Å². The average Bonchev–Trinajstić information content (AvgIpc) is 3.37. The largest absolute Gasteiger partial charge is 0.494 e. The predicted octanol–water partition coefficient (Wildman–Crippen LogP) is 3.47. The van der Waals surface area contributed by atoms with Crippen LogP contribution in [0.1, 0.15) is 36.0 Å². The first-order valence-electron chi connectivity index (χ1n) is 9.29. The molecule has 1 N–H and O–H groups in total. The van der Waals surface area contributed by atoms with Gasteiger partial charge >= 0.3 is 0 Å². The Morgan fingerprint density at radius 2 is 2.15 bits per heavy atom. The van der Waals surface area contributed by atoms with Crippen LogP contribution in [0.4, 0.5) is 10.2 Å². The van der Waals surface area contributed by atoms with E-state index in [2.05, 4.69) is 10.5 Å². The van der Waals surface area contributed by atoms with Crippen LogP contribution >= 0.6 is 0 Å². The van der Waals surface area contributed by atoms with Crippen molar-refractivity contribution in [3.05, 3.63) is 29.6 Å². The molecular weight excluding hydrogens is 349 g/mol. The van der Waals surface area contributed by atoms with E-state index in [1.807, 2.05) is 0 Å². The maximum atomic E-state index is 13.8. The van der Waals surface area contributed by atoms with Gasteiger partial charge in [-0.15, -0.1) is 0 Å². The van der Waals surface area contributed by atoms with Crippen LogP contribution < -0.4 is 15.0 Å². The van der Waals surface area contributed by atoms with Gasteiger partial charge < -0.3 is 19.5 Å². The van der Waals surface area contributed by atoms with E-state index < -0.39 is 5.82 Å². The third-order valence-electron chi connectivity index (χ3n) is 5.79. The van der Waals surface area contributed by atoms with E-state index in [-0.39, 0.29) is 17.7 Å². The number of hydrogen-bond donors (Lipinski definition) is 1. The minimum atomic E-state index is -0.471. The van der Waals surface area contributed by atoms with Crippen LogP contribution in [0, 0.1) is 17.7 Å². The van der Waals surface area contributed by atoms with Crippen LogP contribution in [0.2, 0.25) is 0 Å². The van der Waals surface area contributed by atoms with Gasteiger partial charge in [0, 0.05) is 25.7 Å². The SMILES string of the molecule is COc1cc(-c2onc(N(C)C)c2C(=O)N[C@@H]2C[C@@H]3CC[C@H]2C3)ccc1F. The zero-order chi connectivity index (χ0) is 19.1. The lowest BCUT2D eigenvalue weighted by Crippen LogP contribution is -2.39. The average molecular weight is 373 g/mol. The molecule has 6 nitrogen and oxygen atoms in total. The molecule has 3 atom stereocenters. The molecule has 2 aliphatic rings. The number of methoxy groups -OCH3 is 1. The fourth-order valence-corrected chi connectivity index (χ4v) is 4.45. The Bertz CT molecular complexity index is 864. The summed E-state index contributed by atoms with van der Waals surface area (Å²) < 4.78 is 24.3. The first-order chi connectivity index (χ1) is 13.0. The molecule has 2 saturated carbocycles. The fourth-order valence-electron chi connectivity index (χ4n) is 4.45. The second kappa shape index (κ2) is 6.87. The highest BCUT2D eigenvalue weighted by Gasteiger charge is 2.41. The third kappa shape index (κ3) is 3.15. The predicted molar refractivity (Wildman–Crippen MR) is 99.5 cm³/mol. The van der Waals surface area contributed by atoms with Gasteiger partial charge in [0.25, 0.3) is 5.91 Å². The molecular formula is C20H24FN3O3. The fraction of sp³-hybridized carbons (Fsp3) is 0.500. The van der Waals surface area contributed by atoms with Crippen LogP contribution in [0.3, 0.4) is 0 Å². The van der Waals surface area contributed by atoms with Crippen molar-refractivity contribution in [1.82, 2.24) is 10.5 Å². The molecule has 1 amide bonds. The van der Waals surface area contributed by atoms with Crippen LogP contribution in [-0.2, 0) is 0 Å². The van der Waals surface area contributed by atoms with Crippen LogP contribution in [0.15, 0.2) is 22.7 Å². The van der Waals surface area contributed by atoms with E-state index in [4.69, 9.17) is 9.26 Å². The van der Waals surface area contributed by atoms with Gasteiger partial charge in [-0.2, -0.15) is 0 Å². The van der Waals surface area contributed by atoms with E-state index in [0.717, 1.165) is 12.3 Å². The monoisotopic (exact) mass is 373 g/mol. The summed E-state index contributed by atoms with van der Waals surface area (Å²) >= 11 is 0. The Balaban J connectivity index is 1.68. The van der Waals surface area contributed by atoms with E-state index in [1.54, 1.807) is 25.1 Å². The van der Waals surface area contributed by atoms with Crippen molar-refractivity contribution >= 4 is 11.7 Å². The number of fused-ring (bicyclic) bond motifs is 2. The highest BCUT2D eigenvalue weighted by molar-refractivity contribution is 6.04. The van der Waals surface area contributed by atoms with Crippen molar-refractivity contribution in [2.75, 3.05) is 26.1 Å². The van der Waals surface area contributed by atoms with Crippen molar-refractivity contribution in [3.8, 4) is 17.1 Å². The normalized spacial score (nSPS) is 23.5. The molecule has 0 aliphatic heterocycles. The van der Waals surface area contributed by atoms with E-state index in [1.165, 1.54) is 38.5 Å². The number of carbonyl (C=O) groups excluding carboxylic acids is 1. The first-order valence-corrected chi connectivity index (χ1v) is 9.29. The zero-order valence-corrected chi connectivity index (χ0v) is 15.8. The Labute approximate surface area is 157 Å². The zero-order valence-electron chi connectivity index (χ0n) is 15.8. The van der Waals surface area contributed by atoms with Crippen molar-refractivity contribution in [3.63, 3.8) is 0 Å².